The highest BCUT2D eigenvalue weighted by Crippen LogP contribution is 2.25. The Balaban J connectivity index is 1.86. The molecule has 0 aliphatic heterocycles. The monoisotopic (exact) mass is 378 g/mol. The Bertz CT molecular complexity index is 1050. The fourth-order valence-corrected chi connectivity index (χ4v) is 3.15. The van der Waals surface area contributed by atoms with Crippen molar-refractivity contribution in [3.8, 4) is 0 Å². The number of carbonyl (C=O) groups is 1. The van der Waals surface area contributed by atoms with Gasteiger partial charge in [0, 0.05) is 17.2 Å². The molecule has 0 aliphatic rings. The van der Waals surface area contributed by atoms with Crippen LogP contribution in [-0.4, -0.2) is 20.6 Å². The molecule has 0 atom stereocenters. The third kappa shape index (κ3) is 3.78. The normalized spacial score (nSPS) is 10.7. The number of carbonyl (C=O) groups excluding carboxylic acids is 1. The number of amides is 1. The van der Waals surface area contributed by atoms with Crippen molar-refractivity contribution in [2.75, 3.05) is 5.32 Å². The third-order valence-electron chi connectivity index (χ3n) is 4.82. The summed E-state index contributed by atoms with van der Waals surface area (Å²) in [6, 6.07) is 12.7. The maximum Gasteiger partial charge on any atom is 0.273 e. The molecule has 1 heterocycles. The number of hydrogen-bond acceptors (Lipinski definition) is 4. The predicted molar refractivity (Wildman–Crippen MR) is 108 cm³/mol. The number of nitro benzene ring substituents is 1. The van der Waals surface area contributed by atoms with E-state index in [0.29, 0.717) is 23.5 Å². The van der Waals surface area contributed by atoms with E-state index in [2.05, 4.69) is 34.7 Å². The van der Waals surface area contributed by atoms with Gasteiger partial charge in [-0.05, 0) is 39.3 Å². The molecule has 3 aromatic rings. The quantitative estimate of drug-likeness (QED) is 0.529. The number of nitro groups is 1. The summed E-state index contributed by atoms with van der Waals surface area (Å²) in [6.07, 6.45) is 0. The van der Waals surface area contributed by atoms with Crippen LogP contribution in [0, 0.1) is 37.8 Å². The van der Waals surface area contributed by atoms with Gasteiger partial charge in [-0.3, -0.25) is 19.6 Å². The Labute approximate surface area is 163 Å². The van der Waals surface area contributed by atoms with Crippen LogP contribution >= 0.6 is 0 Å². The smallest absolute Gasteiger partial charge is 0.273 e. The van der Waals surface area contributed by atoms with E-state index < -0.39 is 4.92 Å². The summed E-state index contributed by atoms with van der Waals surface area (Å²) in [7, 11) is 0. The van der Waals surface area contributed by atoms with E-state index >= 15 is 0 Å². The molecule has 0 radical (unpaired) electrons. The molecule has 0 saturated carbocycles. The minimum atomic E-state index is -0.484. The second-order valence-corrected chi connectivity index (χ2v) is 6.85. The van der Waals surface area contributed by atoms with Crippen molar-refractivity contribution < 1.29 is 9.72 Å². The van der Waals surface area contributed by atoms with Crippen LogP contribution in [0.4, 0.5) is 11.4 Å². The Morgan fingerprint density at radius 1 is 1.11 bits per heavy atom. The second kappa shape index (κ2) is 7.64. The molecule has 0 fully saturated rings. The van der Waals surface area contributed by atoms with E-state index in [-0.39, 0.29) is 17.2 Å². The number of anilines is 1. The molecule has 28 heavy (non-hydrogen) atoms. The first-order valence-electron chi connectivity index (χ1n) is 8.93. The van der Waals surface area contributed by atoms with Gasteiger partial charge in [0.25, 0.3) is 11.6 Å². The van der Waals surface area contributed by atoms with E-state index in [1.165, 1.54) is 17.7 Å². The number of benzene rings is 2. The van der Waals surface area contributed by atoms with Gasteiger partial charge in [-0.15, -0.1) is 0 Å². The molecule has 0 aliphatic carbocycles. The zero-order chi connectivity index (χ0) is 20.4. The molecule has 0 bridgehead atoms. The van der Waals surface area contributed by atoms with Gasteiger partial charge in [0.1, 0.15) is 0 Å². The van der Waals surface area contributed by atoms with Crippen LogP contribution in [0.25, 0.3) is 0 Å². The van der Waals surface area contributed by atoms with E-state index in [0.717, 1.165) is 11.3 Å². The minimum absolute atomic E-state index is 0.0730. The molecule has 7 heteroatoms. The number of nitrogens with zero attached hydrogens (tertiary/aromatic N) is 3. The highest BCUT2D eigenvalue weighted by Gasteiger charge is 2.20. The largest absolute Gasteiger partial charge is 0.319 e. The fraction of sp³-hybridized carbons (Fsp3) is 0.238. The summed E-state index contributed by atoms with van der Waals surface area (Å²) in [6.45, 7) is 7.93. The Kier molecular flexibility index (Phi) is 5.26. The standard InChI is InChI=1S/C21H22N4O3/c1-13-8-10-17(11-9-13)12-24-16(4)20(15(3)23-24)22-21(26)18-6-5-7-19(14(18)2)25(27)28/h5-11H,12H2,1-4H3,(H,22,26). The number of rotatable bonds is 5. The zero-order valence-electron chi connectivity index (χ0n) is 16.3. The van der Waals surface area contributed by atoms with E-state index in [1.54, 1.807) is 13.0 Å². The SMILES string of the molecule is Cc1ccc(Cn2nc(C)c(NC(=O)c3cccc([N+](=O)[O-])c3C)c2C)cc1. The molecule has 0 saturated heterocycles. The van der Waals surface area contributed by atoms with Gasteiger partial charge in [-0.25, -0.2) is 0 Å². The Morgan fingerprint density at radius 2 is 1.79 bits per heavy atom. The maximum absolute atomic E-state index is 12.7. The molecule has 1 N–H and O–H groups in total. The average Bonchev–Trinajstić information content (AvgIpc) is 2.91. The molecule has 144 valence electrons. The summed E-state index contributed by atoms with van der Waals surface area (Å²) in [5.74, 6) is -0.387. The van der Waals surface area contributed by atoms with Crippen LogP contribution < -0.4 is 5.32 Å². The van der Waals surface area contributed by atoms with Crippen molar-refractivity contribution >= 4 is 17.3 Å². The summed E-state index contributed by atoms with van der Waals surface area (Å²) in [5, 5.41) is 18.5. The highest BCUT2D eigenvalue weighted by atomic mass is 16.6. The summed E-state index contributed by atoms with van der Waals surface area (Å²) < 4.78 is 1.84. The first kappa shape index (κ1) is 19.3. The van der Waals surface area contributed by atoms with Gasteiger partial charge in [-0.2, -0.15) is 5.10 Å². The first-order valence-corrected chi connectivity index (χ1v) is 8.93. The lowest BCUT2D eigenvalue weighted by Gasteiger charge is -2.09. The number of hydrogen-bond donors (Lipinski definition) is 1. The van der Waals surface area contributed by atoms with Gasteiger partial charge in [-0.1, -0.05) is 35.9 Å². The van der Waals surface area contributed by atoms with Gasteiger partial charge < -0.3 is 5.32 Å². The molecular formula is C21H22N4O3. The van der Waals surface area contributed by atoms with Crippen molar-refractivity contribution in [2.45, 2.75) is 34.2 Å². The highest BCUT2D eigenvalue weighted by molar-refractivity contribution is 6.06. The lowest BCUT2D eigenvalue weighted by molar-refractivity contribution is -0.385. The van der Waals surface area contributed by atoms with Gasteiger partial charge in [0.15, 0.2) is 0 Å². The van der Waals surface area contributed by atoms with Gasteiger partial charge >= 0.3 is 0 Å². The molecule has 7 nitrogen and oxygen atoms in total. The van der Waals surface area contributed by atoms with Gasteiger partial charge in [0.05, 0.1) is 28.5 Å². The van der Waals surface area contributed by atoms with Crippen molar-refractivity contribution in [3.63, 3.8) is 0 Å². The van der Waals surface area contributed by atoms with E-state index in [4.69, 9.17) is 0 Å². The second-order valence-electron chi connectivity index (χ2n) is 6.85. The first-order chi connectivity index (χ1) is 13.3. The maximum atomic E-state index is 12.7. The van der Waals surface area contributed by atoms with Crippen molar-refractivity contribution in [1.29, 1.82) is 0 Å². The molecule has 2 aromatic carbocycles. The number of nitrogens with one attached hydrogen (secondary N) is 1. The molecule has 0 spiro atoms. The van der Waals surface area contributed by atoms with Crippen LogP contribution in [0.15, 0.2) is 42.5 Å². The molecular weight excluding hydrogens is 356 g/mol. The molecule has 3 rings (SSSR count). The van der Waals surface area contributed by atoms with Crippen LogP contribution in [-0.2, 0) is 6.54 Å². The predicted octanol–water partition coefficient (Wildman–Crippen LogP) is 4.33. The summed E-state index contributed by atoms with van der Waals surface area (Å²) >= 11 is 0. The lowest BCUT2D eigenvalue weighted by Crippen LogP contribution is -2.15. The van der Waals surface area contributed by atoms with Crippen molar-refractivity contribution in [1.82, 2.24) is 9.78 Å². The van der Waals surface area contributed by atoms with Crippen LogP contribution in [0.3, 0.4) is 0 Å². The summed E-state index contributed by atoms with van der Waals surface area (Å²) in [5.41, 5.74) is 5.00. The van der Waals surface area contributed by atoms with E-state index in [9.17, 15) is 14.9 Å². The third-order valence-corrected chi connectivity index (χ3v) is 4.82. The molecule has 1 amide bonds. The van der Waals surface area contributed by atoms with Crippen LogP contribution in [0.1, 0.15) is 38.4 Å². The molecule has 1 aromatic heterocycles. The molecule has 0 unspecified atom stereocenters. The van der Waals surface area contributed by atoms with Crippen molar-refractivity contribution in [3.05, 3.63) is 86.2 Å². The fourth-order valence-electron chi connectivity index (χ4n) is 3.15. The minimum Gasteiger partial charge on any atom is -0.319 e. The Morgan fingerprint density at radius 3 is 2.43 bits per heavy atom. The average molecular weight is 378 g/mol. The van der Waals surface area contributed by atoms with Crippen LogP contribution in [0.5, 0.6) is 0 Å². The number of aryl methyl sites for hydroxylation is 2. The lowest BCUT2D eigenvalue weighted by atomic mass is 10.1. The summed E-state index contributed by atoms with van der Waals surface area (Å²) in [4.78, 5) is 23.4. The van der Waals surface area contributed by atoms with Crippen molar-refractivity contribution in [2.24, 2.45) is 0 Å². The van der Waals surface area contributed by atoms with E-state index in [1.807, 2.05) is 25.5 Å². The number of aromatic nitrogens is 2. The Hall–Kier alpha value is -3.48. The van der Waals surface area contributed by atoms with Gasteiger partial charge in [0.2, 0.25) is 0 Å². The topological polar surface area (TPSA) is 90.1 Å². The zero-order valence-corrected chi connectivity index (χ0v) is 16.3. The van der Waals surface area contributed by atoms with Crippen LogP contribution in [0.2, 0.25) is 0 Å².